The van der Waals surface area contributed by atoms with Gasteiger partial charge in [0.05, 0.1) is 16.1 Å². The Morgan fingerprint density at radius 1 is 1.46 bits per heavy atom. The van der Waals surface area contributed by atoms with Gasteiger partial charge in [0.1, 0.15) is 5.82 Å². The van der Waals surface area contributed by atoms with Crippen LogP contribution in [-0.4, -0.2) is 0 Å². The highest BCUT2D eigenvalue weighted by molar-refractivity contribution is 6.42. The van der Waals surface area contributed by atoms with Crippen LogP contribution in [-0.2, 0) is 0 Å². The van der Waals surface area contributed by atoms with Gasteiger partial charge in [-0.15, -0.1) is 6.58 Å². The van der Waals surface area contributed by atoms with Gasteiger partial charge in [-0.25, -0.2) is 4.39 Å². The normalized spacial score (nSPS) is 12.6. The van der Waals surface area contributed by atoms with Crippen LogP contribution in [0.25, 0.3) is 0 Å². The molecule has 1 nitrogen and oxygen atoms in total. The van der Waals surface area contributed by atoms with Crippen LogP contribution in [0.2, 0.25) is 10.0 Å². The summed E-state index contributed by atoms with van der Waals surface area (Å²) in [6.45, 7) is 3.46. The standard InChI is InChI=1S/C9H8Cl2FN/c1-2-7(13)8-6(12)4-3-5(10)9(8)11/h2-4,7H,1,13H2/t7-/m1/s1. The Bertz CT molecular complexity index is 339. The summed E-state index contributed by atoms with van der Waals surface area (Å²) < 4.78 is 13.2. The molecule has 1 atom stereocenters. The molecule has 0 aliphatic rings. The molecule has 0 saturated carbocycles. The average molecular weight is 220 g/mol. The number of rotatable bonds is 2. The number of hydrogen-bond acceptors (Lipinski definition) is 1. The van der Waals surface area contributed by atoms with E-state index in [-0.39, 0.29) is 15.6 Å². The lowest BCUT2D eigenvalue weighted by atomic mass is 10.1. The molecule has 0 spiro atoms. The van der Waals surface area contributed by atoms with E-state index in [1.54, 1.807) is 0 Å². The van der Waals surface area contributed by atoms with E-state index in [0.29, 0.717) is 0 Å². The van der Waals surface area contributed by atoms with Crippen molar-refractivity contribution in [3.05, 3.63) is 46.2 Å². The van der Waals surface area contributed by atoms with Crippen molar-refractivity contribution in [2.24, 2.45) is 5.73 Å². The SMILES string of the molecule is C=C[C@@H](N)c1c(F)ccc(Cl)c1Cl. The fraction of sp³-hybridized carbons (Fsp3) is 0.111. The van der Waals surface area contributed by atoms with Crippen LogP contribution in [0.1, 0.15) is 11.6 Å². The zero-order chi connectivity index (χ0) is 10.0. The maximum Gasteiger partial charge on any atom is 0.129 e. The first-order chi connectivity index (χ1) is 6.07. The average Bonchev–Trinajstić information content (AvgIpc) is 2.12. The third-order valence-electron chi connectivity index (χ3n) is 1.67. The van der Waals surface area contributed by atoms with E-state index in [2.05, 4.69) is 6.58 Å². The summed E-state index contributed by atoms with van der Waals surface area (Å²) in [4.78, 5) is 0. The third kappa shape index (κ3) is 2.02. The highest BCUT2D eigenvalue weighted by atomic mass is 35.5. The zero-order valence-electron chi connectivity index (χ0n) is 6.73. The lowest BCUT2D eigenvalue weighted by Crippen LogP contribution is -2.09. The van der Waals surface area contributed by atoms with Crippen LogP contribution in [0.5, 0.6) is 0 Å². The molecule has 70 valence electrons. The summed E-state index contributed by atoms with van der Waals surface area (Å²) in [5.41, 5.74) is 5.75. The molecule has 4 heteroatoms. The smallest absolute Gasteiger partial charge is 0.129 e. The molecule has 0 bridgehead atoms. The lowest BCUT2D eigenvalue weighted by molar-refractivity contribution is 0.602. The second-order valence-corrected chi connectivity index (χ2v) is 3.30. The van der Waals surface area contributed by atoms with E-state index < -0.39 is 11.9 Å². The molecule has 2 N–H and O–H groups in total. The molecule has 0 unspecified atom stereocenters. The number of halogens is 3. The Morgan fingerprint density at radius 3 is 2.62 bits per heavy atom. The van der Waals surface area contributed by atoms with E-state index in [9.17, 15) is 4.39 Å². The van der Waals surface area contributed by atoms with Crippen molar-refractivity contribution in [2.75, 3.05) is 0 Å². The van der Waals surface area contributed by atoms with Crippen LogP contribution in [0.15, 0.2) is 24.8 Å². The molecule has 0 aliphatic heterocycles. The van der Waals surface area contributed by atoms with E-state index in [1.165, 1.54) is 18.2 Å². The lowest BCUT2D eigenvalue weighted by Gasteiger charge is -2.10. The summed E-state index contributed by atoms with van der Waals surface area (Å²) in [7, 11) is 0. The van der Waals surface area contributed by atoms with Crippen molar-refractivity contribution >= 4 is 23.2 Å². The summed E-state index contributed by atoms with van der Waals surface area (Å²) in [6.07, 6.45) is 1.40. The first kappa shape index (κ1) is 10.5. The molecule has 1 rings (SSSR count). The van der Waals surface area contributed by atoms with Gasteiger partial charge < -0.3 is 5.73 Å². The number of benzene rings is 1. The molecule has 1 aromatic carbocycles. The Hall–Kier alpha value is -0.570. The first-order valence-electron chi connectivity index (χ1n) is 3.59. The van der Waals surface area contributed by atoms with Crippen LogP contribution in [0.4, 0.5) is 4.39 Å². The maximum atomic E-state index is 13.2. The summed E-state index contributed by atoms with van der Waals surface area (Å²) in [6, 6.07) is 1.98. The molecule has 1 aromatic rings. The van der Waals surface area contributed by atoms with Crippen molar-refractivity contribution in [3.63, 3.8) is 0 Å². The minimum atomic E-state index is -0.633. The Kier molecular flexibility index (Phi) is 3.31. The largest absolute Gasteiger partial charge is 0.321 e. The summed E-state index contributed by atoms with van der Waals surface area (Å²) >= 11 is 11.5. The molecular formula is C9H8Cl2FN. The van der Waals surface area contributed by atoms with E-state index >= 15 is 0 Å². The van der Waals surface area contributed by atoms with Gasteiger partial charge in [-0.1, -0.05) is 29.3 Å². The molecule has 13 heavy (non-hydrogen) atoms. The second kappa shape index (κ2) is 4.09. The van der Waals surface area contributed by atoms with Gasteiger partial charge in [0.15, 0.2) is 0 Å². The summed E-state index contributed by atoms with van der Waals surface area (Å²) in [5.74, 6) is -0.471. The van der Waals surface area contributed by atoms with Crippen LogP contribution < -0.4 is 5.73 Å². The van der Waals surface area contributed by atoms with Gasteiger partial charge in [-0.2, -0.15) is 0 Å². The zero-order valence-corrected chi connectivity index (χ0v) is 8.24. The molecule has 0 aromatic heterocycles. The highest BCUT2D eigenvalue weighted by Gasteiger charge is 2.14. The fourth-order valence-electron chi connectivity index (χ4n) is 0.966. The highest BCUT2D eigenvalue weighted by Crippen LogP contribution is 2.31. The predicted octanol–water partition coefficient (Wildman–Crippen LogP) is 3.32. The van der Waals surface area contributed by atoms with Gasteiger partial charge in [-0.05, 0) is 12.1 Å². The Morgan fingerprint density at radius 2 is 2.08 bits per heavy atom. The summed E-state index contributed by atoms with van der Waals surface area (Å²) in [5, 5.41) is 0.435. The van der Waals surface area contributed by atoms with Crippen molar-refractivity contribution in [2.45, 2.75) is 6.04 Å². The number of hydrogen-bond donors (Lipinski definition) is 1. The Balaban J connectivity index is 3.32. The topological polar surface area (TPSA) is 26.0 Å². The van der Waals surface area contributed by atoms with Gasteiger partial charge >= 0.3 is 0 Å². The maximum absolute atomic E-state index is 13.2. The predicted molar refractivity (Wildman–Crippen MR) is 53.5 cm³/mol. The molecule has 0 saturated heterocycles. The number of nitrogens with two attached hydrogens (primary N) is 1. The Labute approximate surface area is 85.9 Å². The molecule has 0 aliphatic carbocycles. The first-order valence-corrected chi connectivity index (χ1v) is 4.35. The van der Waals surface area contributed by atoms with Gasteiger partial charge in [0.25, 0.3) is 0 Å². The quantitative estimate of drug-likeness (QED) is 0.600. The van der Waals surface area contributed by atoms with Crippen molar-refractivity contribution in [1.29, 1.82) is 0 Å². The molecule has 0 amide bonds. The van der Waals surface area contributed by atoms with Crippen LogP contribution in [0.3, 0.4) is 0 Å². The molecule has 0 fully saturated rings. The van der Waals surface area contributed by atoms with Crippen molar-refractivity contribution in [1.82, 2.24) is 0 Å². The second-order valence-electron chi connectivity index (χ2n) is 2.52. The monoisotopic (exact) mass is 219 g/mol. The van der Waals surface area contributed by atoms with Gasteiger partial charge in [0, 0.05) is 5.56 Å². The van der Waals surface area contributed by atoms with Crippen LogP contribution in [0, 0.1) is 5.82 Å². The van der Waals surface area contributed by atoms with Crippen molar-refractivity contribution in [3.8, 4) is 0 Å². The van der Waals surface area contributed by atoms with E-state index in [1.807, 2.05) is 0 Å². The third-order valence-corrected chi connectivity index (χ3v) is 2.49. The van der Waals surface area contributed by atoms with E-state index in [0.717, 1.165) is 0 Å². The van der Waals surface area contributed by atoms with Crippen molar-refractivity contribution < 1.29 is 4.39 Å². The van der Waals surface area contributed by atoms with Gasteiger partial charge in [-0.3, -0.25) is 0 Å². The minimum absolute atomic E-state index is 0.147. The van der Waals surface area contributed by atoms with Gasteiger partial charge in [0.2, 0.25) is 0 Å². The molecule has 0 radical (unpaired) electrons. The minimum Gasteiger partial charge on any atom is -0.321 e. The van der Waals surface area contributed by atoms with Crippen LogP contribution >= 0.6 is 23.2 Å². The molecule has 0 heterocycles. The fourth-order valence-corrected chi connectivity index (χ4v) is 1.41. The van der Waals surface area contributed by atoms with E-state index in [4.69, 9.17) is 28.9 Å². The molecular weight excluding hydrogens is 212 g/mol.